The number of rotatable bonds is 3. The van der Waals surface area contributed by atoms with Crippen molar-refractivity contribution < 1.29 is 14.3 Å². The summed E-state index contributed by atoms with van der Waals surface area (Å²) in [4.78, 5) is 32.2. The number of benzene rings is 1. The average Bonchev–Trinajstić information content (AvgIpc) is 2.46. The highest BCUT2D eigenvalue weighted by atomic mass is 16.5. The Morgan fingerprint density at radius 2 is 1.76 bits per heavy atom. The fraction of sp³-hybridized carbons (Fsp3) is 0.333. The van der Waals surface area contributed by atoms with Gasteiger partial charge < -0.3 is 10.1 Å². The summed E-state index contributed by atoms with van der Waals surface area (Å²) in [6.45, 7) is 5.26. The predicted octanol–water partition coefficient (Wildman–Crippen LogP) is 1.54. The number of carbonyl (C=O) groups is 2. The molecule has 0 aliphatic rings. The Balaban J connectivity index is 2.28. The normalized spacial score (nSPS) is 12.0. The number of hydrogen-bond donors (Lipinski definition) is 1. The van der Waals surface area contributed by atoms with Gasteiger partial charge >= 0.3 is 5.97 Å². The molecule has 6 nitrogen and oxygen atoms in total. The van der Waals surface area contributed by atoms with Crippen LogP contribution in [0.4, 0.5) is 0 Å². The molecule has 0 saturated heterocycles. The molecule has 1 aromatic carbocycles. The number of hydrogen-bond acceptors (Lipinski definition) is 5. The smallest absolute Gasteiger partial charge is 0.338 e. The molecular weight excluding hydrogens is 270 g/mol. The maximum absolute atomic E-state index is 12.0. The quantitative estimate of drug-likeness (QED) is 0.866. The summed E-state index contributed by atoms with van der Waals surface area (Å²) in [5.74, 6) is -0.913. The van der Waals surface area contributed by atoms with Gasteiger partial charge in [0.25, 0.3) is 5.91 Å². The summed E-state index contributed by atoms with van der Waals surface area (Å²) < 4.78 is 5.09. The third-order valence-corrected chi connectivity index (χ3v) is 3.21. The van der Waals surface area contributed by atoms with Gasteiger partial charge in [0, 0.05) is 7.05 Å². The first kappa shape index (κ1) is 14.9. The lowest BCUT2D eigenvalue weighted by molar-refractivity contribution is -0.128. The molecule has 1 atom stereocenters. The molecule has 0 fully saturated rings. The first-order valence-corrected chi connectivity index (χ1v) is 6.60. The Bertz CT molecular complexity index is 713. The van der Waals surface area contributed by atoms with Crippen LogP contribution in [-0.2, 0) is 9.53 Å². The van der Waals surface area contributed by atoms with Crippen molar-refractivity contribution in [2.45, 2.75) is 26.9 Å². The van der Waals surface area contributed by atoms with E-state index in [2.05, 4.69) is 15.3 Å². The van der Waals surface area contributed by atoms with Gasteiger partial charge in [0.1, 0.15) is 0 Å². The highest BCUT2D eigenvalue weighted by molar-refractivity contribution is 5.95. The van der Waals surface area contributed by atoms with Gasteiger partial charge in [0.05, 0.1) is 28.0 Å². The monoisotopic (exact) mass is 287 g/mol. The second kappa shape index (κ2) is 5.87. The minimum Gasteiger partial charge on any atom is -0.449 e. The Labute approximate surface area is 122 Å². The van der Waals surface area contributed by atoms with Gasteiger partial charge in [-0.15, -0.1) is 0 Å². The Kier molecular flexibility index (Phi) is 4.16. The van der Waals surface area contributed by atoms with E-state index in [1.807, 2.05) is 13.8 Å². The van der Waals surface area contributed by atoms with Crippen LogP contribution in [0.5, 0.6) is 0 Å². The van der Waals surface area contributed by atoms with Crippen LogP contribution in [0.25, 0.3) is 11.0 Å². The lowest BCUT2D eigenvalue weighted by atomic mass is 10.2. The van der Waals surface area contributed by atoms with Crippen LogP contribution in [0.1, 0.15) is 28.7 Å². The predicted molar refractivity (Wildman–Crippen MR) is 78.0 cm³/mol. The van der Waals surface area contributed by atoms with Gasteiger partial charge in [-0.1, -0.05) is 0 Å². The highest BCUT2D eigenvalue weighted by Crippen LogP contribution is 2.15. The lowest BCUT2D eigenvalue weighted by Crippen LogP contribution is -2.33. The molecule has 2 aromatic rings. The van der Waals surface area contributed by atoms with E-state index in [0.717, 1.165) is 11.4 Å². The van der Waals surface area contributed by atoms with Crippen molar-refractivity contribution in [1.82, 2.24) is 15.3 Å². The number of ether oxygens (including phenoxy) is 1. The lowest BCUT2D eigenvalue weighted by Gasteiger charge is -2.12. The molecule has 0 saturated carbocycles. The number of carbonyl (C=O) groups excluding carboxylic acids is 2. The summed E-state index contributed by atoms with van der Waals surface area (Å²) in [5, 5.41) is 2.43. The van der Waals surface area contributed by atoms with E-state index in [4.69, 9.17) is 4.74 Å². The van der Waals surface area contributed by atoms with Crippen molar-refractivity contribution in [3.8, 4) is 0 Å². The van der Waals surface area contributed by atoms with Crippen molar-refractivity contribution in [2.75, 3.05) is 7.05 Å². The number of esters is 1. The molecule has 2 rings (SSSR count). The molecule has 0 spiro atoms. The zero-order chi connectivity index (χ0) is 15.6. The molecule has 1 amide bonds. The zero-order valence-corrected chi connectivity index (χ0v) is 12.4. The van der Waals surface area contributed by atoms with Crippen LogP contribution >= 0.6 is 0 Å². The van der Waals surface area contributed by atoms with Crippen LogP contribution in [0.3, 0.4) is 0 Å². The van der Waals surface area contributed by atoms with Crippen LogP contribution in [0.2, 0.25) is 0 Å². The molecule has 0 bridgehead atoms. The summed E-state index contributed by atoms with van der Waals surface area (Å²) >= 11 is 0. The molecule has 1 unspecified atom stereocenters. The molecular formula is C15H17N3O3. The van der Waals surface area contributed by atoms with E-state index in [1.54, 1.807) is 18.2 Å². The van der Waals surface area contributed by atoms with Crippen LogP contribution in [-0.4, -0.2) is 35.0 Å². The second-order valence-electron chi connectivity index (χ2n) is 4.76. The number of amides is 1. The molecule has 0 radical (unpaired) electrons. The number of aromatic nitrogens is 2. The minimum atomic E-state index is -0.843. The minimum absolute atomic E-state index is 0.343. The Hall–Kier alpha value is -2.50. The molecule has 0 aliphatic carbocycles. The molecule has 6 heteroatoms. The van der Waals surface area contributed by atoms with Crippen molar-refractivity contribution in [1.29, 1.82) is 0 Å². The van der Waals surface area contributed by atoms with E-state index in [-0.39, 0.29) is 5.91 Å². The third-order valence-electron chi connectivity index (χ3n) is 3.21. The summed E-state index contributed by atoms with van der Waals surface area (Å²) in [7, 11) is 1.49. The van der Waals surface area contributed by atoms with Crippen LogP contribution < -0.4 is 5.32 Å². The zero-order valence-electron chi connectivity index (χ0n) is 12.4. The third kappa shape index (κ3) is 3.16. The Morgan fingerprint density at radius 3 is 2.38 bits per heavy atom. The van der Waals surface area contributed by atoms with Gasteiger partial charge in [-0.05, 0) is 39.0 Å². The van der Waals surface area contributed by atoms with Gasteiger partial charge in [0.15, 0.2) is 6.10 Å². The van der Waals surface area contributed by atoms with Crippen molar-refractivity contribution in [3.05, 3.63) is 35.2 Å². The fourth-order valence-electron chi connectivity index (χ4n) is 1.84. The fourth-order valence-corrected chi connectivity index (χ4v) is 1.84. The topological polar surface area (TPSA) is 81.2 Å². The number of fused-ring (bicyclic) bond motifs is 1. The Morgan fingerprint density at radius 1 is 1.14 bits per heavy atom. The van der Waals surface area contributed by atoms with Crippen LogP contribution in [0.15, 0.2) is 18.2 Å². The molecule has 1 heterocycles. The summed E-state index contributed by atoms with van der Waals surface area (Å²) in [5.41, 5.74) is 3.35. The number of likely N-dealkylation sites (N-methyl/N-ethyl adjacent to an activating group) is 1. The van der Waals surface area contributed by atoms with E-state index in [1.165, 1.54) is 14.0 Å². The standard InChI is InChI=1S/C15H17N3O3/c1-8-9(2)18-13-7-11(5-6-12(13)17-8)15(20)21-10(3)14(19)16-4/h5-7,10H,1-4H3,(H,16,19). The van der Waals surface area contributed by atoms with E-state index >= 15 is 0 Å². The maximum Gasteiger partial charge on any atom is 0.338 e. The molecule has 1 aromatic heterocycles. The molecule has 110 valence electrons. The average molecular weight is 287 g/mol. The van der Waals surface area contributed by atoms with Crippen molar-refractivity contribution in [3.63, 3.8) is 0 Å². The molecule has 21 heavy (non-hydrogen) atoms. The molecule has 0 aliphatic heterocycles. The van der Waals surface area contributed by atoms with Gasteiger partial charge in [0.2, 0.25) is 0 Å². The largest absolute Gasteiger partial charge is 0.449 e. The summed E-state index contributed by atoms with van der Waals surface area (Å²) in [6, 6.07) is 4.95. The first-order chi connectivity index (χ1) is 9.92. The van der Waals surface area contributed by atoms with E-state index in [0.29, 0.717) is 16.6 Å². The highest BCUT2D eigenvalue weighted by Gasteiger charge is 2.18. The van der Waals surface area contributed by atoms with E-state index in [9.17, 15) is 9.59 Å². The SMILES string of the molecule is CNC(=O)C(C)OC(=O)c1ccc2nc(C)c(C)nc2c1. The maximum atomic E-state index is 12.0. The van der Waals surface area contributed by atoms with Crippen molar-refractivity contribution in [2.24, 2.45) is 0 Å². The number of nitrogens with zero attached hydrogens (tertiary/aromatic N) is 2. The summed E-state index contributed by atoms with van der Waals surface area (Å²) in [6.07, 6.45) is -0.843. The molecule has 1 N–H and O–H groups in total. The van der Waals surface area contributed by atoms with E-state index < -0.39 is 12.1 Å². The van der Waals surface area contributed by atoms with Gasteiger partial charge in [-0.2, -0.15) is 0 Å². The van der Waals surface area contributed by atoms with Crippen molar-refractivity contribution >= 4 is 22.9 Å². The van der Waals surface area contributed by atoms with Gasteiger partial charge in [-0.25, -0.2) is 14.8 Å². The van der Waals surface area contributed by atoms with Gasteiger partial charge in [-0.3, -0.25) is 4.79 Å². The second-order valence-corrected chi connectivity index (χ2v) is 4.76. The van der Waals surface area contributed by atoms with Crippen LogP contribution in [0, 0.1) is 13.8 Å². The number of aryl methyl sites for hydroxylation is 2. The number of nitrogens with one attached hydrogen (secondary N) is 1. The first-order valence-electron chi connectivity index (χ1n) is 6.60.